The largest absolute Gasteiger partial charge is 0.389 e. The fourth-order valence-electron chi connectivity index (χ4n) is 1.93. The molecule has 1 aliphatic rings. The summed E-state index contributed by atoms with van der Waals surface area (Å²) in [5, 5.41) is 0. The Kier molecular flexibility index (Phi) is 4.63. The third-order valence-electron chi connectivity index (χ3n) is 2.90. The van der Waals surface area contributed by atoms with Crippen molar-refractivity contribution in [2.45, 2.75) is 25.6 Å². The number of thiocarbonyl (C=S) groups is 1. The molecule has 0 radical (unpaired) electrons. The van der Waals surface area contributed by atoms with Gasteiger partial charge in [-0.05, 0) is 36.6 Å². The Morgan fingerprint density at radius 1 is 1.39 bits per heavy atom. The van der Waals surface area contributed by atoms with Gasteiger partial charge in [0.1, 0.15) is 10.8 Å². The summed E-state index contributed by atoms with van der Waals surface area (Å²) in [6.45, 7) is 1.83. The number of halogens is 1. The topological polar surface area (TPSA) is 44.5 Å². The molecule has 98 valence electrons. The molecule has 0 aromatic heterocycles. The number of hydrogen-bond acceptors (Lipinski definition) is 3. The third-order valence-corrected chi connectivity index (χ3v) is 3.13. The summed E-state index contributed by atoms with van der Waals surface area (Å²) < 4.78 is 24.3. The van der Waals surface area contributed by atoms with Crippen LogP contribution in [-0.4, -0.2) is 24.3 Å². The first kappa shape index (κ1) is 13.4. The molecule has 2 N–H and O–H groups in total. The Hall–Kier alpha value is -1.04. The van der Waals surface area contributed by atoms with E-state index in [1.165, 1.54) is 12.1 Å². The van der Waals surface area contributed by atoms with Gasteiger partial charge in [-0.15, -0.1) is 0 Å². The average Bonchev–Trinajstić information content (AvgIpc) is 2.37. The molecule has 1 aliphatic heterocycles. The maximum atomic E-state index is 13.4. The Bertz CT molecular complexity index is 433. The summed E-state index contributed by atoms with van der Waals surface area (Å²) in [7, 11) is 0. The SMILES string of the molecule is NC(=S)c1cc(F)cc(COC2CCOCC2)c1. The van der Waals surface area contributed by atoms with Crippen molar-refractivity contribution in [3.8, 4) is 0 Å². The highest BCUT2D eigenvalue weighted by Gasteiger charge is 2.14. The fourth-order valence-corrected chi connectivity index (χ4v) is 2.05. The highest BCUT2D eigenvalue weighted by molar-refractivity contribution is 7.80. The molecule has 0 bridgehead atoms. The van der Waals surface area contributed by atoms with Crippen LogP contribution in [0.5, 0.6) is 0 Å². The smallest absolute Gasteiger partial charge is 0.124 e. The minimum Gasteiger partial charge on any atom is -0.389 e. The monoisotopic (exact) mass is 269 g/mol. The lowest BCUT2D eigenvalue weighted by Crippen LogP contribution is -2.23. The summed E-state index contributed by atoms with van der Waals surface area (Å²) >= 11 is 4.84. The van der Waals surface area contributed by atoms with E-state index in [1.54, 1.807) is 6.07 Å². The number of nitrogens with two attached hydrogens (primary N) is 1. The van der Waals surface area contributed by atoms with Crippen molar-refractivity contribution in [3.63, 3.8) is 0 Å². The fraction of sp³-hybridized carbons (Fsp3) is 0.462. The van der Waals surface area contributed by atoms with Gasteiger partial charge in [-0.1, -0.05) is 12.2 Å². The van der Waals surface area contributed by atoms with Gasteiger partial charge < -0.3 is 15.2 Å². The average molecular weight is 269 g/mol. The second-order valence-corrected chi connectivity index (χ2v) is 4.77. The first-order valence-electron chi connectivity index (χ1n) is 5.94. The minimum absolute atomic E-state index is 0.190. The molecule has 0 atom stereocenters. The molecule has 0 amide bonds. The Balaban J connectivity index is 1.97. The summed E-state index contributed by atoms with van der Waals surface area (Å²) in [6, 6.07) is 4.55. The van der Waals surface area contributed by atoms with Crippen LogP contribution in [-0.2, 0) is 16.1 Å². The zero-order valence-electron chi connectivity index (χ0n) is 10.0. The van der Waals surface area contributed by atoms with E-state index < -0.39 is 0 Å². The molecule has 1 heterocycles. The minimum atomic E-state index is -0.342. The summed E-state index contributed by atoms with van der Waals surface area (Å²) in [4.78, 5) is 0.196. The van der Waals surface area contributed by atoms with Crippen molar-refractivity contribution in [2.75, 3.05) is 13.2 Å². The van der Waals surface area contributed by atoms with Crippen LogP contribution in [0.1, 0.15) is 24.0 Å². The van der Waals surface area contributed by atoms with E-state index in [0.29, 0.717) is 12.2 Å². The molecule has 3 nitrogen and oxygen atoms in total. The molecular weight excluding hydrogens is 253 g/mol. The first-order chi connectivity index (χ1) is 8.65. The molecular formula is C13H16FNO2S. The van der Waals surface area contributed by atoms with Crippen molar-refractivity contribution in [3.05, 3.63) is 35.1 Å². The zero-order valence-corrected chi connectivity index (χ0v) is 10.8. The summed E-state index contributed by atoms with van der Waals surface area (Å²) in [5.74, 6) is -0.342. The van der Waals surface area contributed by atoms with Crippen LogP contribution >= 0.6 is 12.2 Å². The summed E-state index contributed by atoms with van der Waals surface area (Å²) in [5.41, 5.74) is 6.79. The van der Waals surface area contributed by atoms with Crippen LogP contribution < -0.4 is 5.73 Å². The van der Waals surface area contributed by atoms with Crippen molar-refractivity contribution in [1.29, 1.82) is 0 Å². The number of hydrogen-bond donors (Lipinski definition) is 1. The Morgan fingerprint density at radius 2 is 2.11 bits per heavy atom. The number of rotatable bonds is 4. The van der Waals surface area contributed by atoms with Gasteiger partial charge in [-0.2, -0.15) is 0 Å². The van der Waals surface area contributed by atoms with Crippen molar-refractivity contribution in [2.24, 2.45) is 5.73 Å². The normalized spacial score (nSPS) is 16.7. The van der Waals surface area contributed by atoms with E-state index in [0.717, 1.165) is 31.6 Å². The van der Waals surface area contributed by atoms with Crippen LogP contribution in [0, 0.1) is 5.82 Å². The molecule has 0 aliphatic carbocycles. The van der Waals surface area contributed by atoms with Crippen molar-refractivity contribution in [1.82, 2.24) is 0 Å². The van der Waals surface area contributed by atoms with Gasteiger partial charge in [0.25, 0.3) is 0 Å². The highest BCUT2D eigenvalue weighted by atomic mass is 32.1. The van der Waals surface area contributed by atoms with E-state index in [4.69, 9.17) is 27.4 Å². The highest BCUT2D eigenvalue weighted by Crippen LogP contribution is 2.15. The second-order valence-electron chi connectivity index (χ2n) is 4.34. The maximum absolute atomic E-state index is 13.4. The van der Waals surface area contributed by atoms with Gasteiger partial charge in [0.05, 0.1) is 12.7 Å². The molecule has 1 aromatic carbocycles. The lowest BCUT2D eigenvalue weighted by atomic mass is 10.1. The number of ether oxygens (including phenoxy) is 2. The molecule has 2 rings (SSSR count). The van der Waals surface area contributed by atoms with Gasteiger partial charge >= 0.3 is 0 Å². The van der Waals surface area contributed by atoms with Crippen LogP contribution in [0.25, 0.3) is 0 Å². The first-order valence-corrected chi connectivity index (χ1v) is 6.34. The van der Waals surface area contributed by atoms with E-state index in [-0.39, 0.29) is 16.9 Å². The lowest BCUT2D eigenvalue weighted by Gasteiger charge is -2.22. The van der Waals surface area contributed by atoms with Crippen LogP contribution in [0.15, 0.2) is 18.2 Å². The molecule has 5 heteroatoms. The molecule has 0 unspecified atom stereocenters. The van der Waals surface area contributed by atoms with Gasteiger partial charge in [0, 0.05) is 18.8 Å². The molecule has 0 spiro atoms. The number of benzene rings is 1. The molecule has 0 saturated carbocycles. The standard InChI is InChI=1S/C13H16FNO2S/c14-11-6-9(5-10(7-11)13(15)18)8-17-12-1-3-16-4-2-12/h5-7,12H,1-4,8H2,(H2,15,18). The quantitative estimate of drug-likeness (QED) is 0.851. The Labute approximate surface area is 111 Å². The van der Waals surface area contributed by atoms with Gasteiger partial charge in [-0.3, -0.25) is 0 Å². The third kappa shape index (κ3) is 3.73. The zero-order chi connectivity index (χ0) is 13.0. The molecule has 18 heavy (non-hydrogen) atoms. The predicted octanol–water partition coefficient (Wildman–Crippen LogP) is 2.16. The predicted molar refractivity (Wildman–Crippen MR) is 70.9 cm³/mol. The molecule has 1 aromatic rings. The lowest BCUT2D eigenvalue weighted by molar-refractivity contribution is -0.0391. The van der Waals surface area contributed by atoms with Crippen molar-refractivity contribution >= 4 is 17.2 Å². The Morgan fingerprint density at radius 3 is 2.78 bits per heavy atom. The van der Waals surface area contributed by atoms with E-state index in [1.807, 2.05) is 0 Å². The van der Waals surface area contributed by atoms with E-state index >= 15 is 0 Å². The molecule has 1 fully saturated rings. The van der Waals surface area contributed by atoms with Crippen molar-refractivity contribution < 1.29 is 13.9 Å². The van der Waals surface area contributed by atoms with Gasteiger partial charge in [0.2, 0.25) is 0 Å². The molecule has 1 saturated heterocycles. The summed E-state index contributed by atoms with van der Waals surface area (Å²) in [6.07, 6.45) is 1.96. The van der Waals surface area contributed by atoms with E-state index in [9.17, 15) is 4.39 Å². The van der Waals surface area contributed by atoms with Crippen LogP contribution in [0.3, 0.4) is 0 Å². The van der Waals surface area contributed by atoms with Gasteiger partial charge in [-0.25, -0.2) is 4.39 Å². The van der Waals surface area contributed by atoms with Gasteiger partial charge in [0.15, 0.2) is 0 Å². The van der Waals surface area contributed by atoms with Crippen LogP contribution in [0.4, 0.5) is 4.39 Å². The second kappa shape index (κ2) is 6.22. The van der Waals surface area contributed by atoms with E-state index in [2.05, 4.69) is 0 Å². The van der Waals surface area contributed by atoms with Crippen LogP contribution in [0.2, 0.25) is 0 Å². The maximum Gasteiger partial charge on any atom is 0.124 e.